The van der Waals surface area contributed by atoms with Gasteiger partial charge in [0.1, 0.15) is 6.04 Å². The molecule has 1 atom stereocenters. The molecule has 11 heteroatoms. The maximum Gasteiger partial charge on any atom is 0.303 e. The van der Waals surface area contributed by atoms with Crippen LogP contribution in [-0.2, 0) is 25.6 Å². The number of aliphatic carboxylic acids is 2. The Kier molecular flexibility index (Phi) is 11.4. The second-order valence-corrected chi connectivity index (χ2v) is 5.64. The largest absolute Gasteiger partial charge is 0.504 e. The summed E-state index contributed by atoms with van der Waals surface area (Å²) in [6.45, 7) is 0.995. The van der Waals surface area contributed by atoms with Crippen LogP contribution in [0.3, 0.4) is 0 Å². The molecule has 2 amide bonds. The number of nitrogens with one attached hydrogen (secondary N) is 2. The third-order valence-corrected chi connectivity index (χ3v) is 3.24. The molecule has 1 rings (SSSR count). The summed E-state index contributed by atoms with van der Waals surface area (Å²) in [6.07, 6.45) is 0.0672. The molecule has 0 aromatic heterocycles. The second-order valence-electron chi connectivity index (χ2n) is 5.64. The molecule has 1 aromatic rings. The highest BCUT2D eigenvalue weighted by molar-refractivity contribution is 5.88. The van der Waals surface area contributed by atoms with E-state index in [2.05, 4.69) is 10.6 Å². The van der Waals surface area contributed by atoms with Gasteiger partial charge in [-0.1, -0.05) is 6.07 Å². The van der Waals surface area contributed by atoms with E-state index < -0.39 is 29.8 Å². The molecular weight excluding hydrogens is 374 g/mol. The standard InChI is InChI=1S/C15H21N3O6.C2H4O2/c16-8-13(21)18-10(2-4-14(22)23)15(24)17-6-5-9-1-3-11(19)12(20)7-9;1-2(3)4/h1,3,7,10,19-20H,2,4-6,8,16H2,(H,17,24)(H,18,21)(H,22,23);1H3,(H,3,4)/t10-;/m0./s1. The van der Waals surface area contributed by atoms with E-state index in [9.17, 15) is 24.6 Å². The number of phenolic OH excluding ortho intramolecular Hbond substituents is 2. The molecule has 0 saturated carbocycles. The van der Waals surface area contributed by atoms with Crippen LogP contribution in [-0.4, -0.2) is 63.3 Å². The molecule has 1 aromatic carbocycles. The van der Waals surface area contributed by atoms with Gasteiger partial charge in [-0.3, -0.25) is 19.2 Å². The fourth-order valence-electron chi connectivity index (χ4n) is 1.97. The number of benzene rings is 1. The van der Waals surface area contributed by atoms with Crippen molar-refractivity contribution in [1.82, 2.24) is 10.6 Å². The number of phenols is 2. The molecule has 0 fully saturated rings. The van der Waals surface area contributed by atoms with E-state index in [-0.39, 0.29) is 37.4 Å². The van der Waals surface area contributed by atoms with Gasteiger partial charge < -0.3 is 36.8 Å². The summed E-state index contributed by atoms with van der Waals surface area (Å²) < 4.78 is 0. The molecule has 0 spiro atoms. The van der Waals surface area contributed by atoms with Crippen LogP contribution in [0.25, 0.3) is 0 Å². The molecule has 8 N–H and O–H groups in total. The molecular formula is C17H25N3O8. The summed E-state index contributed by atoms with van der Waals surface area (Å²) in [5.74, 6) is -3.46. The first kappa shape index (κ1) is 24.7. The van der Waals surface area contributed by atoms with Crippen molar-refractivity contribution in [3.05, 3.63) is 23.8 Å². The summed E-state index contributed by atoms with van der Waals surface area (Å²) in [5, 5.41) is 39.7. The van der Waals surface area contributed by atoms with Gasteiger partial charge in [-0.05, 0) is 30.5 Å². The summed E-state index contributed by atoms with van der Waals surface area (Å²) in [7, 11) is 0. The minimum Gasteiger partial charge on any atom is -0.504 e. The molecule has 156 valence electrons. The topological polar surface area (TPSA) is 199 Å². The van der Waals surface area contributed by atoms with Crippen molar-refractivity contribution < 1.29 is 39.6 Å². The quantitative estimate of drug-likeness (QED) is 0.258. The molecule has 0 radical (unpaired) electrons. The van der Waals surface area contributed by atoms with E-state index >= 15 is 0 Å². The summed E-state index contributed by atoms with van der Waals surface area (Å²) in [4.78, 5) is 43.0. The van der Waals surface area contributed by atoms with Crippen LogP contribution in [0.4, 0.5) is 0 Å². The molecule has 0 heterocycles. The van der Waals surface area contributed by atoms with Crippen molar-refractivity contribution in [2.45, 2.75) is 32.2 Å². The molecule has 28 heavy (non-hydrogen) atoms. The van der Waals surface area contributed by atoms with Crippen LogP contribution < -0.4 is 16.4 Å². The number of nitrogens with two attached hydrogens (primary N) is 1. The number of hydrogen-bond acceptors (Lipinski definition) is 7. The lowest BCUT2D eigenvalue weighted by Crippen LogP contribution is -2.49. The molecule has 0 aliphatic carbocycles. The predicted molar refractivity (Wildman–Crippen MR) is 97.7 cm³/mol. The molecule has 0 saturated heterocycles. The second kappa shape index (κ2) is 12.9. The Bertz CT molecular complexity index is 689. The van der Waals surface area contributed by atoms with E-state index in [0.29, 0.717) is 12.0 Å². The zero-order valence-electron chi connectivity index (χ0n) is 15.3. The van der Waals surface area contributed by atoms with Gasteiger partial charge in [0.05, 0.1) is 6.54 Å². The molecule has 0 bridgehead atoms. The number of carboxylic acid groups (broad SMARTS) is 2. The van der Waals surface area contributed by atoms with Crippen LogP contribution >= 0.6 is 0 Å². The first-order valence-electron chi connectivity index (χ1n) is 8.26. The van der Waals surface area contributed by atoms with Gasteiger partial charge in [-0.2, -0.15) is 0 Å². The fourth-order valence-corrected chi connectivity index (χ4v) is 1.97. The average molecular weight is 399 g/mol. The maximum atomic E-state index is 12.1. The maximum absolute atomic E-state index is 12.1. The Morgan fingerprint density at radius 3 is 2.21 bits per heavy atom. The highest BCUT2D eigenvalue weighted by atomic mass is 16.4. The Morgan fingerprint density at radius 1 is 1.11 bits per heavy atom. The van der Waals surface area contributed by atoms with Crippen LogP contribution in [0.5, 0.6) is 11.5 Å². The van der Waals surface area contributed by atoms with Crippen molar-refractivity contribution in [2.75, 3.05) is 13.1 Å². The highest BCUT2D eigenvalue weighted by Gasteiger charge is 2.20. The highest BCUT2D eigenvalue weighted by Crippen LogP contribution is 2.24. The monoisotopic (exact) mass is 399 g/mol. The Morgan fingerprint density at radius 2 is 1.71 bits per heavy atom. The Labute approximate surface area is 161 Å². The summed E-state index contributed by atoms with van der Waals surface area (Å²) in [5.41, 5.74) is 5.87. The van der Waals surface area contributed by atoms with Gasteiger partial charge in [0.15, 0.2) is 11.5 Å². The van der Waals surface area contributed by atoms with E-state index in [1.807, 2.05) is 0 Å². The van der Waals surface area contributed by atoms with E-state index in [4.69, 9.17) is 20.7 Å². The lowest BCUT2D eigenvalue weighted by atomic mass is 10.1. The zero-order valence-corrected chi connectivity index (χ0v) is 15.3. The van der Waals surface area contributed by atoms with Gasteiger partial charge in [0, 0.05) is 19.9 Å². The van der Waals surface area contributed by atoms with Crippen molar-refractivity contribution in [3.63, 3.8) is 0 Å². The number of amides is 2. The van der Waals surface area contributed by atoms with Crippen LogP contribution in [0.15, 0.2) is 18.2 Å². The van der Waals surface area contributed by atoms with Crippen molar-refractivity contribution in [2.24, 2.45) is 5.73 Å². The van der Waals surface area contributed by atoms with E-state index in [1.165, 1.54) is 12.1 Å². The van der Waals surface area contributed by atoms with Gasteiger partial charge >= 0.3 is 5.97 Å². The minimum absolute atomic E-state index is 0.0487. The van der Waals surface area contributed by atoms with Gasteiger partial charge in [-0.15, -0.1) is 0 Å². The van der Waals surface area contributed by atoms with Gasteiger partial charge in [-0.25, -0.2) is 0 Å². The van der Waals surface area contributed by atoms with E-state index in [0.717, 1.165) is 6.92 Å². The lowest BCUT2D eigenvalue weighted by molar-refractivity contribution is -0.138. The summed E-state index contributed by atoms with van der Waals surface area (Å²) in [6, 6.07) is 3.33. The van der Waals surface area contributed by atoms with Crippen LogP contribution in [0.1, 0.15) is 25.3 Å². The van der Waals surface area contributed by atoms with Gasteiger partial charge in [0.2, 0.25) is 11.8 Å². The summed E-state index contributed by atoms with van der Waals surface area (Å²) >= 11 is 0. The molecule has 0 aliphatic heterocycles. The SMILES string of the molecule is CC(=O)O.NCC(=O)N[C@@H](CCC(=O)O)C(=O)NCCc1ccc(O)c(O)c1. The fraction of sp³-hybridized carbons (Fsp3) is 0.412. The predicted octanol–water partition coefficient (Wildman–Crippen LogP) is -0.844. The van der Waals surface area contributed by atoms with E-state index in [1.54, 1.807) is 6.07 Å². The molecule has 11 nitrogen and oxygen atoms in total. The van der Waals surface area contributed by atoms with Crippen molar-refractivity contribution >= 4 is 23.8 Å². The number of carbonyl (C=O) groups is 4. The number of aromatic hydroxyl groups is 2. The molecule has 0 unspecified atom stereocenters. The first-order chi connectivity index (χ1) is 13.1. The molecule has 0 aliphatic rings. The Hall–Kier alpha value is -3.34. The first-order valence-corrected chi connectivity index (χ1v) is 8.26. The van der Waals surface area contributed by atoms with Crippen molar-refractivity contribution in [1.29, 1.82) is 0 Å². The smallest absolute Gasteiger partial charge is 0.303 e. The lowest BCUT2D eigenvalue weighted by Gasteiger charge is -2.17. The van der Waals surface area contributed by atoms with Gasteiger partial charge in [0.25, 0.3) is 5.97 Å². The normalized spacial score (nSPS) is 10.8. The number of hydrogen-bond donors (Lipinski definition) is 7. The third kappa shape index (κ3) is 11.3. The number of carbonyl (C=O) groups excluding carboxylic acids is 2. The minimum atomic E-state index is -1.07. The number of carboxylic acids is 2. The third-order valence-electron chi connectivity index (χ3n) is 3.24. The number of rotatable bonds is 9. The van der Waals surface area contributed by atoms with Crippen molar-refractivity contribution in [3.8, 4) is 11.5 Å². The van der Waals surface area contributed by atoms with Crippen LogP contribution in [0.2, 0.25) is 0 Å². The Balaban J connectivity index is 0.00000165. The average Bonchev–Trinajstić information content (AvgIpc) is 2.60. The zero-order chi connectivity index (χ0) is 21.7. The van der Waals surface area contributed by atoms with Crippen LogP contribution in [0, 0.1) is 0 Å².